The lowest BCUT2D eigenvalue weighted by atomic mass is 9.95. The maximum atomic E-state index is 11.9. The number of piperidine rings is 1. The average Bonchev–Trinajstić information content (AvgIpc) is 2.39. The van der Waals surface area contributed by atoms with E-state index in [0.29, 0.717) is 26.1 Å². The lowest BCUT2D eigenvalue weighted by Gasteiger charge is -2.32. The summed E-state index contributed by atoms with van der Waals surface area (Å²) < 4.78 is 0. The van der Waals surface area contributed by atoms with E-state index >= 15 is 0 Å². The molecule has 1 fully saturated rings. The molecule has 1 atom stereocenters. The maximum absolute atomic E-state index is 11.9. The molecule has 104 valence electrons. The van der Waals surface area contributed by atoms with E-state index < -0.39 is 0 Å². The predicted molar refractivity (Wildman–Crippen MR) is 70.9 cm³/mol. The monoisotopic (exact) mass is 255 g/mol. The summed E-state index contributed by atoms with van der Waals surface area (Å²) >= 11 is 0. The zero-order valence-electron chi connectivity index (χ0n) is 11.4. The number of nitrogens with two attached hydrogens (primary N) is 1. The van der Waals surface area contributed by atoms with Crippen molar-refractivity contribution in [2.45, 2.75) is 45.6 Å². The minimum atomic E-state index is -0.0430. The molecule has 0 aliphatic carbocycles. The quantitative estimate of drug-likeness (QED) is 0.750. The SMILES string of the molecule is CCNC(=O)C1CCN(C(=O)CC(N)CC)CC1. The van der Waals surface area contributed by atoms with Gasteiger partial charge in [0.05, 0.1) is 0 Å². The summed E-state index contributed by atoms with van der Waals surface area (Å²) in [5.74, 6) is 0.308. The number of carbonyl (C=O) groups excluding carboxylic acids is 2. The number of nitrogens with zero attached hydrogens (tertiary/aromatic N) is 1. The van der Waals surface area contributed by atoms with Crippen molar-refractivity contribution >= 4 is 11.8 Å². The molecule has 1 rings (SSSR count). The van der Waals surface area contributed by atoms with Gasteiger partial charge in [0.15, 0.2) is 0 Å². The van der Waals surface area contributed by atoms with E-state index in [-0.39, 0.29) is 23.8 Å². The van der Waals surface area contributed by atoms with Gasteiger partial charge in [0.2, 0.25) is 11.8 Å². The number of hydrogen-bond acceptors (Lipinski definition) is 3. The van der Waals surface area contributed by atoms with Crippen molar-refractivity contribution in [1.82, 2.24) is 10.2 Å². The Morgan fingerprint density at radius 2 is 1.94 bits per heavy atom. The summed E-state index contributed by atoms with van der Waals surface area (Å²) in [6.45, 7) is 5.93. The second-order valence-electron chi connectivity index (χ2n) is 4.92. The van der Waals surface area contributed by atoms with E-state index in [9.17, 15) is 9.59 Å². The van der Waals surface area contributed by atoms with E-state index in [0.717, 1.165) is 19.3 Å². The lowest BCUT2D eigenvalue weighted by molar-refractivity contribution is -0.135. The molecule has 5 nitrogen and oxygen atoms in total. The highest BCUT2D eigenvalue weighted by Crippen LogP contribution is 2.18. The Hall–Kier alpha value is -1.10. The minimum Gasteiger partial charge on any atom is -0.356 e. The third kappa shape index (κ3) is 4.29. The van der Waals surface area contributed by atoms with Crippen LogP contribution in [-0.2, 0) is 9.59 Å². The molecule has 0 aromatic heterocycles. The van der Waals surface area contributed by atoms with Crippen LogP contribution in [0.3, 0.4) is 0 Å². The van der Waals surface area contributed by atoms with E-state index in [1.54, 1.807) is 0 Å². The van der Waals surface area contributed by atoms with Gasteiger partial charge >= 0.3 is 0 Å². The average molecular weight is 255 g/mol. The second kappa shape index (κ2) is 7.36. The zero-order valence-corrected chi connectivity index (χ0v) is 11.4. The number of carbonyl (C=O) groups is 2. The first kappa shape index (κ1) is 15.0. The summed E-state index contributed by atoms with van der Waals surface area (Å²) in [5, 5.41) is 2.84. The molecule has 0 radical (unpaired) electrons. The fraction of sp³-hybridized carbons (Fsp3) is 0.846. The molecule has 1 saturated heterocycles. The van der Waals surface area contributed by atoms with Gasteiger partial charge < -0.3 is 16.0 Å². The lowest BCUT2D eigenvalue weighted by Crippen LogP contribution is -2.44. The van der Waals surface area contributed by atoms with Crippen LogP contribution in [0, 0.1) is 5.92 Å². The van der Waals surface area contributed by atoms with Crippen molar-refractivity contribution in [3.8, 4) is 0 Å². The minimum absolute atomic E-state index is 0.0430. The van der Waals surface area contributed by atoms with Crippen LogP contribution < -0.4 is 11.1 Å². The normalized spacial score (nSPS) is 18.5. The van der Waals surface area contributed by atoms with Gasteiger partial charge in [-0.15, -0.1) is 0 Å². The summed E-state index contributed by atoms with van der Waals surface area (Å²) in [6.07, 6.45) is 2.77. The van der Waals surface area contributed by atoms with Crippen molar-refractivity contribution in [2.75, 3.05) is 19.6 Å². The third-order valence-corrected chi connectivity index (χ3v) is 3.53. The van der Waals surface area contributed by atoms with Gasteiger partial charge in [0.1, 0.15) is 0 Å². The number of rotatable bonds is 5. The van der Waals surface area contributed by atoms with Crippen molar-refractivity contribution in [3.05, 3.63) is 0 Å². The number of amides is 2. The van der Waals surface area contributed by atoms with Crippen molar-refractivity contribution in [3.63, 3.8) is 0 Å². The predicted octanol–water partition coefficient (Wildman–Crippen LogP) is 0.489. The van der Waals surface area contributed by atoms with Crippen LogP contribution in [-0.4, -0.2) is 42.4 Å². The number of likely N-dealkylation sites (tertiary alicyclic amines) is 1. The topological polar surface area (TPSA) is 75.4 Å². The fourth-order valence-corrected chi connectivity index (χ4v) is 2.21. The molecule has 1 heterocycles. The molecule has 18 heavy (non-hydrogen) atoms. The molecule has 3 N–H and O–H groups in total. The maximum Gasteiger partial charge on any atom is 0.224 e. The van der Waals surface area contributed by atoms with Crippen LogP contribution >= 0.6 is 0 Å². The zero-order chi connectivity index (χ0) is 13.5. The largest absolute Gasteiger partial charge is 0.356 e. The van der Waals surface area contributed by atoms with Crippen LogP contribution in [0.25, 0.3) is 0 Å². The molecule has 0 saturated carbocycles. The van der Waals surface area contributed by atoms with E-state index in [4.69, 9.17) is 5.73 Å². The van der Waals surface area contributed by atoms with E-state index in [2.05, 4.69) is 5.32 Å². The van der Waals surface area contributed by atoms with Crippen LogP contribution in [0.2, 0.25) is 0 Å². The molecule has 2 amide bonds. The van der Waals surface area contributed by atoms with Crippen LogP contribution in [0.1, 0.15) is 39.5 Å². The Bertz CT molecular complexity index is 286. The van der Waals surface area contributed by atoms with E-state index in [1.165, 1.54) is 0 Å². The Morgan fingerprint density at radius 1 is 1.33 bits per heavy atom. The van der Waals surface area contributed by atoms with Crippen LogP contribution in [0.4, 0.5) is 0 Å². The Morgan fingerprint density at radius 3 is 2.44 bits per heavy atom. The van der Waals surface area contributed by atoms with Crippen LogP contribution in [0.5, 0.6) is 0 Å². The molecular formula is C13H25N3O2. The summed E-state index contributed by atoms with van der Waals surface area (Å²) in [6, 6.07) is -0.0430. The van der Waals surface area contributed by atoms with Gasteiger partial charge in [-0.1, -0.05) is 6.92 Å². The number of hydrogen-bond donors (Lipinski definition) is 2. The molecule has 0 aromatic rings. The number of nitrogens with one attached hydrogen (secondary N) is 1. The molecule has 1 aliphatic rings. The van der Waals surface area contributed by atoms with Gasteiger partial charge in [-0.3, -0.25) is 9.59 Å². The van der Waals surface area contributed by atoms with Crippen molar-refractivity contribution in [1.29, 1.82) is 0 Å². The smallest absolute Gasteiger partial charge is 0.224 e. The second-order valence-corrected chi connectivity index (χ2v) is 4.92. The first-order valence-corrected chi connectivity index (χ1v) is 6.89. The summed E-state index contributed by atoms with van der Waals surface area (Å²) in [5.41, 5.74) is 5.78. The Labute approximate surface area is 109 Å². The standard InChI is InChI=1S/C13H25N3O2/c1-3-11(14)9-12(17)16-7-5-10(6-8-16)13(18)15-4-2/h10-11H,3-9,14H2,1-2H3,(H,15,18). The van der Waals surface area contributed by atoms with Gasteiger partial charge in [0, 0.05) is 38.0 Å². The molecule has 1 unspecified atom stereocenters. The molecule has 5 heteroatoms. The van der Waals surface area contributed by atoms with E-state index in [1.807, 2.05) is 18.7 Å². The molecular weight excluding hydrogens is 230 g/mol. The Kier molecular flexibility index (Phi) is 6.12. The third-order valence-electron chi connectivity index (χ3n) is 3.53. The highest BCUT2D eigenvalue weighted by Gasteiger charge is 2.27. The molecule has 0 spiro atoms. The van der Waals surface area contributed by atoms with Gasteiger partial charge in [-0.05, 0) is 26.2 Å². The highest BCUT2D eigenvalue weighted by atomic mass is 16.2. The van der Waals surface area contributed by atoms with Crippen molar-refractivity contribution < 1.29 is 9.59 Å². The fourth-order valence-electron chi connectivity index (χ4n) is 2.21. The van der Waals surface area contributed by atoms with Gasteiger partial charge in [0.25, 0.3) is 0 Å². The first-order valence-electron chi connectivity index (χ1n) is 6.89. The molecule has 0 bridgehead atoms. The molecule has 0 aromatic carbocycles. The van der Waals surface area contributed by atoms with Crippen LogP contribution in [0.15, 0.2) is 0 Å². The summed E-state index contributed by atoms with van der Waals surface area (Å²) in [4.78, 5) is 25.4. The first-order chi connectivity index (χ1) is 8.58. The molecule has 1 aliphatic heterocycles. The van der Waals surface area contributed by atoms with Gasteiger partial charge in [-0.25, -0.2) is 0 Å². The highest BCUT2D eigenvalue weighted by molar-refractivity contribution is 5.80. The summed E-state index contributed by atoms with van der Waals surface area (Å²) in [7, 11) is 0. The van der Waals surface area contributed by atoms with Gasteiger partial charge in [-0.2, -0.15) is 0 Å². The van der Waals surface area contributed by atoms with Crippen molar-refractivity contribution in [2.24, 2.45) is 11.7 Å². The Balaban J connectivity index is 2.34.